The van der Waals surface area contributed by atoms with E-state index in [9.17, 15) is 9.59 Å². The van der Waals surface area contributed by atoms with Crippen LogP contribution in [0.4, 0.5) is 5.69 Å². The van der Waals surface area contributed by atoms with Crippen LogP contribution in [0.15, 0.2) is 24.3 Å². The van der Waals surface area contributed by atoms with Crippen molar-refractivity contribution in [2.45, 2.75) is 45.1 Å². The number of nitrogens with zero attached hydrogens (tertiary/aromatic N) is 1. The van der Waals surface area contributed by atoms with Gasteiger partial charge in [0.2, 0.25) is 11.8 Å². The van der Waals surface area contributed by atoms with Crippen LogP contribution in [-0.4, -0.2) is 24.4 Å². The Morgan fingerprint density at radius 2 is 2.09 bits per heavy atom. The first-order chi connectivity index (χ1) is 10.5. The van der Waals surface area contributed by atoms with E-state index in [-0.39, 0.29) is 24.3 Å². The Hall–Kier alpha value is -1.88. The highest BCUT2D eigenvalue weighted by molar-refractivity contribution is 5.94. The molecule has 22 heavy (non-hydrogen) atoms. The summed E-state index contributed by atoms with van der Waals surface area (Å²) in [5.74, 6) is -0.134. The lowest BCUT2D eigenvalue weighted by Gasteiger charge is -2.25. The summed E-state index contributed by atoms with van der Waals surface area (Å²) < 4.78 is 0. The molecule has 0 radical (unpaired) electrons. The Morgan fingerprint density at radius 3 is 2.68 bits per heavy atom. The summed E-state index contributed by atoms with van der Waals surface area (Å²) in [6, 6.07) is 7.84. The van der Waals surface area contributed by atoms with E-state index in [1.807, 2.05) is 31.2 Å². The minimum atomic E-state index is -0.400. The van der Waals surface area contributed by atoms with E-state index in [4.69, 9.17) is 11.5 Å². The van der Waals surface area contributed by atoms with Crippen LogP contribution in [0.2, 0.25) is 0 Å². The van der Waals surface area contributed by atoms with Crippen molar-refractivity contribution in [1.82, 2.24) is 0 Å². The van der Waals surface area contributed by atoms with Crippen molar-refractivity contribution >= 4 is 17.5 Å². The number of benzene rings is 1. The van der Waals surface area contributed by atoms with E-state index in [0.29, 0.717) is 13.0 Å². The molecule has 4 N–H and O–H groups in total. The second kappa shape index (κ2) is 7.40. The van der Waals surface area contributed by atoms with Crippen LogP contribution < -0.4 is 16.4 Å². The van der Waals surface area contributed by atoms with Crippen molar-refractivity contribution in [3.63, 3.8) is 0 Å². The van der Waals surface area contributed by atoms with Crippen molar-refractivity contribution in [2.75, 3.05) is 11.4 Å². The molecule has 0 aromatic heterocycles. The molecule has 5 nitrogen and oxygen atoms in total. The van der Waals surface area contributed by atoms with Crippen LogP contribution in [-0.2, 0) is 9.59 Å². The van der Waals surface area contributed by atoms with Crippen molar-refractivity contribution < 1.29 is 9.59 Å². The van der Waals surface area contributed by atoms with Crippen LogP contribution in [0.3, 0.4) is 0 Å². The topological polar surface area (TPSA) is 89.4 Å². The predicted molar refractivity (Wildman–Crippen MR) is 87.3 cm³/mol. The summed E-state index contributed by atoms with van der Waals surface area (Å²) in [7, 11) is 0. The minimum Gasteiger partial charge on any atom is -0.370 e. The number of carbonyl (C=O) groups excluding carboxylic acids is 2. The molecule has 0 heterocycles. The SMILES string of the molecule is Cc1cccc(N(CCC(N)=O)C(=O)C[C@@H]2CCC[C@H]2N)c1. The third kappa shape index (κ3) is 4.31. The average Bonchev–Trinajstić information content (AvgIpc) is 2.84. The third-order valence-electron chi connectivity index (χ3n) is 4.35. The number of anilines is 1. The summed E-state index contributed by atoms with van der Waals surface area (Å²) >= 11 is 0. The van der Waals surface area contributed by atoms with Gasteiger partial charge in [-0.3, -0.25) is 9.59 Å². The van der Waals surface area contributed by atoms with E-state index in [0.717, 1.165) is 30.5 Å². The Kier molecular flexibility index (Phi) is 5.55. The van der Waals surface area contributed by atoms with Gasteiger partial charge in [-0.15, -0.1) is 0 Å². The molecular formula is C17H25N3O2. The number of rotatable bonds is 6. The minimum absolute atomic E-state index is 0.0224. The average molecular weight is 303 g/mol. The van der Waals surface area contributed by atoms with Crippen molar-refractivity contribution in [3.8, 4) is 0 Å². The summed E-state index contributed by atoms with van der Waals surface area (Å²) in [5.41, 5.74) is 13.2. The van der Waals surface area contributed by atoms with Crippen LogP contribution in [0.25, 0.3) is 0 Å². The van der Waals surface area contributed by atoms with Crippen molar-refractivity contribution in [3.05, 3.63) is 29.8 Å². The standard InChI is InChI=1S/C17H25N3O2/c1-12-4-2-6-14(10-12)20(9-8-16(19)21)17(22)11-13-5-3-7-15(13)18/h2,4,6,10,13,15H,3,5,7-9,11,18H2,1H3,(H2,19,21)/t13-,15+/m0/s1. The molecule has 1 aromatic carbocycles. The molecule has 0 aliphatic heterocycles. The second-order valence-electron chi connectivity index (χ2n) is 6.16. The molecule has 1 saturated carbocycles. The molecule has 0 bridgehead atoms. The van der Waals surface area contributed by atoms with Crippen LogP contribution in [0.5, 0.6) is 0 Å². The first-order valence-electron chi connectivity index (χ1n) is 7.88. The van der Waals surface area contributed by atoms with Crippen molar-refractivity contribution in [2.24, 2.45) is 17.4 Å². The van der Waals surface area contributed by atoms with Gasteiger partial charge in [-0.25, -0.2) is 0 Å². The van der Waals surface area contributed by atoms with E-state index in [1.54, 1.807) is 4.90 Å². The molecule has 0 unspecified atom stereocenters. The van der Waals surface area contributed by atoms with Crippen molar-refractivity contribution in [1.29, 1.82) is 0 Å². The van der Waals surface area contributed by atoms with Crippen LogP contribution >= 0.6 is 0 Å². The fraction of sp³-hybridized carbons (Fsp3) is 0.529. The first-order valence-corrected chi connectivity index (χ1v) is 7.88. The number of carbonyl (C=O) groups is 2. The Morgan fingerprint density at radius 1 is 1.32 bits per heavy atom. The smallest absolute Gasteiger partial charge is 0.227 e. The molecule has 0 spiro atoms. The molecule has 1 aromatic rings. The highest BCUT2D eigenvalue weighted by atomic mass is 16.2. The molecule has 1 aliphatic carbocycles. The van der Waals surface area contributed by atoms with Gasteiger partial charge in [0.25, 0.3) is 0 Å². The molecule has 2 atom stereocenters. The maximum Gasteiger partial charge on any atom is 0.227 e. The predicted octanol–water partition coefficient (Wildman–Crippen LogP) is 1.72. The number of primary amides is 1. The highest BCUT2D eigenvalue weighted by Crippen LogP contribution is 2.28. The zero-order chi connectivity index (χ0) is 16.1. The van der Waals surface area contributed by atoms with Gasteiger partial charge in [0.1, 0.15) is 0 Å². The van der Waals surface area contributed by atoms with Gasteiger partial charge in [-0.2, -0.15) is 0 Å². The zero-order valence-corrected chi connectivity index (χ0v) is 13.1. The zero-order valence-electron chi connectivity index (χ0n) is 13.1. The van der Waals surface area contributed by atoms with E-state index in [2.05, 4.69) is 0 Å². The summed E-state index contributed by atoms with van der Waals surface area (Å²) in [6.07, 6.45) is 3.68. The lowest BCUT2D eigenvalue weighted by Crippen LogP contribution is -2.37. The number of aryl methyl sites for hydroxylation is 1. The van der Waals surface area contributed by atoms with Gasteiger partial charge in [-0.1, -0.05) is 18.6 Å². The Labute approximate surface area is 131 Å². The second-order valence-corrected chi connectivity index (χ2v) is 6.16. The van der Waals surface area contributed by atoms with Gasteiger partial charge >= 0.3 is 0 Å². The van der Waals surface area contributed by atoms with Gasteiger partial charge in [0.15, 0.2) is 0 Å². The van der Waals surface area contributed by atoms with Gasteiger partial charge in [0.05, 0.1) is 0 Å². The molecule has 2 amide bonds. The monoisotopic (exact) mass is 303 g/mol. The third-order valence-corrected chi connectivity index (χ3v) is 4.35. The lowest BCUT2D eigenvalue weighted by molar-refractivity contribution is -0.120. The summed E-state index contributed by atoms with van der Waals surface area (Å²) in [5, 5.41) is 0. The van der Waals surface area contributed by atoms with Gasteiger partial charge < -0.3 is 16.4 Å². The van der Waals surface area contributed by atoms with E-state index in [1.165, 1.54) is 0 Å². The normalized spacial score (nSPS) is 20.8. The molecule has 5 heteroatoms. The van der Waals surface area contributed by atoms with E-state index < -0.39 is 5.91 Å². The number of amides is 2. The first kappa shape index (κ1) is 16.5. The lowest BCUT2D eigenvalue weighted by atomic mass is 9.99. The number of hydrogen-bond acceptors (Lipinski definition) is 3. The number of hydrogen-bond donors (Lipinski definition) is 2. The molecule has 1 fully saturated rings. The molecule has 2 rings (SSSR count). The fourth-order valence-electron chi connectivity index (χ4n) is 3.07. The Bertz CT molecular complexity index is 544. The summed E-state index contributed by atoms with van der Waals surface area (Å²) in [6.45, 7) is 2.30. The molecular weight excluding hydrogens is 278 g/mol. The largest absolute Gasteiger partial charge is 0.370 e. The quantitative estimate of drug-likeness (QED) is 0.838. The Balaban J connectivity index is 2.12. The molecule has 1 aliphatic rings. The summed E-state index contributed by atoms with van der Waals surface area (Å²) in [4.78, 5) is 25.4. The van der Waals surface area contributed by atoms with Gasteiger partial charge in [0, 0.05) is 31.1 Å². The fourth-order valence-corrected chi connectivity index (χ4v) is 3.07. The maximum absolute atomic E-state index is 12.7. The van der Waals surface area contributed by atoms with E-state index >= 15 is 0 Å². The van der Waals surface area contributed by atoms with Crippen LogP contribution in [0.1, 0.15) is 37.7 Å². The maximum atomic E-state index is 12.7. The molecule has 120 valence electrons. The van der Waals surface area contributed by atoms with Crippen LogP contribution in [0, 0.1) is 12.8 Å². The number of nitrogens with two attached hydrogens (primary N) is 2. The highest BCUT2D eigenvalue weighted by Gasteiger charge is 2.28. The molecule has 0 saturated heterocycles. The van der Waals surface area contributed by atoms with Gasteiger partial charge in [-0.05, 0) is 43.4 Å².